The Hall–Kier alpha value is -1.82. The van der Waals surface area contributed by atoms with Gasteiger partial charge in [0.25, 0.3) is 5.69 Å². The van der Waals surface area contributed by atoms with Crippen LogP contribution >= 0.6 is 11.3 Å². The van der Waals surface area contributed by atoms with Crippen LogP contribution in [-0.2, 0) is 11.2 Å². The summed E-state index contributed by atoms with van der Waals surface area (Å²) >= 11 is 1.36. The van der Waals surface area contributed by atoms with Crippen molar-refractivity contribution in [3.05, 3.63) is 33.3 Å². The largest absolute Gasteiger partial charge is 0.299 e. The molecule has 0 amide bonds. The van der Waals surface area contributed by atoms with Gasteiger partial charge in [-0.25, -0.2) is 4.98 Å². The minimum atomic E-state index is -0.433. The van der Waals surface area contributed by atoms with E-state index in [-0.39, 0.29) is 23.8 Å². The molecule has 0 aliphatic heterocycles. The molecule has 2 aromatic rings. The van der Waals surface area contributed by atoms with E-state index in [2.05, 4.69) is 4.98 Å². The number of rotatable bonds is 4. The van der Waals surface area contributed by atoms with Crippen molar-refractivity contribution in [3.8, 4) is 0 Å². The van der Waals surface area contributed by atoms with E-state index in [9.17, 15) is 14.9 Å². The Kier molecular flexibility index (Phi) is 2.59. The lowest BCUT2D eigenvalue weighted by Gasteiger charge is -2.02. The molecule has 1 aliphatic rings. The number of Topliss-reactive ketones (excluding diaryl/α,β-unsaturated/α-hetero) is 1. The van der Waals surface area contributed by atoms with Gasteiger partial charge in [0.05, 0.1) is 15.1 Å². The summed E-state index contributed by atoms with van der Waals surface area (Å²) < 4.78 is 0.782. The fourth-order valence-electron chi connectivity index (χ4n) is 2.04. The zero-order valence-electron chi connectivity index (χ0n) is 9.46. The lowest BCUT2D eigenvalue weighted by molar-refractivity contribution is -0.383. The molecule has 0 radical (unpaired) electrons. The van der Waals surface area contributed by atoms with Gasteiger partial charge in [-0.3, -0.25) is 14.9 Å². The van der Waals surface area contributed by atoms with Crippen molar-refractivity contribution in [1.29, 1.82) is 0 Å². The number of hydrogen-bond acceptors (Lipinski definition) is 5. The zero-order chi connectivity index (χ0) is 12.7. The summed E-state index contributed by atoms with van der Waals surface area (Å²) in [5.74, 6) is 0.225. The summed E-state index contributed by atoms with van der Waals surface area (Å²) in [6.45, 7) is 0. The number of aromatic nitrogens is 1. The van der Waals surface area contributed by atoms with Crippen LogP contribution < -0.4 is 0 Å². The molecule has 0 unspecified atom stereocenters. The summed E-state index contributed by atoms with van der Waals surface area (Å²) in [6, 6.07) is 3.48. The fraction of sp³-hybridized carbons (Fsp3) is 0.333. The third kappa shape index (κ3) is 1.88. The summed E-state index contributed by atoms with van der Waals surface area (Å²) in [4.78, 5) is 26.5. The average Bonchev–Trinajstić information content (AvgIpc) is 3.07. The van der Waals surface area contributed by atoms with Crippen LogP contribution in [0.3, 0.4) is 0 Å². The molecule has 0 spiro atoms. The molecule has 0 atom stereocenters. The Morgan fingerprint density at radius 3 is 2.94 bits per heavy atom. The lowest BCUT2D eigenvalue weighted by Crippen LogP contribution is -2.07. The van der Waals surface area contributed by atoms with Crippen molar-refractivity contribution < 1.29 is 9.72 Å². The van der Waals surface area contributed by atoms with E-state index in [1.54, 1.807) is 17.6 Å². The van der Waals surface area contributed by atoms with Gasteiger partial charge in [-0.1, -0.05) is 6.07 Å². The third-order valence-electron chi connectivity index (χ3n) is 3.14. The topological polar surface area (TPSA) is 73.1 Å². The molecule has 1 saturated carbocycles. The van der Waals surface area contributed by atoms with Crippen molar-refractivity contribution in [2.45, 2.75) is 19.3 Å². The third-order valence-corrected chi connectivity index (χ3v) is 3.93. The van der Waals surface area contributed by atoms with Crippen LogP contribution in [0.15, 0.2) is 17.6 Å². The van der Waals surface area contributed by atoms with Gasteiger partial charge in [0.1, 0.15) is 5.78 Å². The SMILES string of the molecule is O=C(Cc1ccc2scnc2c1[N+](=O)[O-])C1CC1. The van der Waals surface area contributed by atoms with Crippen LogP contribution in [0.5, 0.6) is 0 Å². The van der Waals surface area contributed by atoms with Crippen molar-refractivity contribution in [2.24, 2.45) is 5.92 Å². The molecule has 18 heavy (non-hydrogen) atoms. The Morgan fingerprint density at radius 1 is 1.50 bits per heavy atom. The number of carbonyl (C=O) groups is 1. The molecular formula is C12H10N2O3S. The average molecular weight is 262 g/mol. The Balaban J connectivity index is 2.06. The monoisotopic (exact) mass is 262 g/mol. The van der Waals surface area contributed by atoms with Crippen LogP contribution in [0.1, 0.15) is 18.4 Å². The van der Waals surface area contributed by atoms with Crippen LogP contribution in [0.2, 0.25) is 0 Å². The molecule has 0 bridgehead atoms. The lowest BCUT2D eigenvalue weighted by atomic mass is 10.0. The number of ketones is 1. The molecule has 6 heteroatoms. The van der Waals surface area contributed by atoms with E-state index < -0.39 is 4.92 Å². The highest BCUT2D eigenvalue weighted by molar-refractivity contribution is 7.16. The van der Waals surface area contributed by atoms with Gasteiger partial charge in [0, 0.05) is 17.9 Å². The van der Waals surface area contributed by atoms with Gasteiger partial charge in [0.15, 0.2) is 5.52 Å². The van der Waals surface area contributed by atoms with Crippen LogP contribution in [-0.4, -0.2) is 15.7 Å². The first-order chi connectivity index (χ1) is 8.66. The maximum absolute atomic E-state index is 11.8. The van der Waals surface area contributed by atoms with Gasteiger partial charge in [-0.05, 0) is 18.9 Å². The second-order valence-electron chi connectivity index (χ2n) is 4.45. The molecule has 1 heterocycles. The minimum absolute atomic E-state index is 0.0113. The minimum Gasteiger partial charge on any atom is -0.299 e. The van der Waals surface area contributed by atoms with E-state index in [4.69, 9.17) is 0 Å². The standard InChI is InChI=1S/C12H10N2O3S/c15-9(7-1-2-7)5-8-3-4-10-11(13-6-18-10)12(8)14(16)17/h3-4,6-7H,1-2,5H2. The molecule has 3 rings (SSSR count). The maximum atomic E-state index is 11.8. The van der Waals surface area contributed by atoms with Crippen molar-refractivity contribution in [2.75, 3.05) is 0 Å². The number of nitro benzene ring substituents is 1. The van der Waals surface area contributed by atoms with E-state index >= 15 is 0 Å². The number of fused-ring (bicyclic) bond motifs is 1. The molecular weight excluding hydrogens is 252 g/mol. The number of nitrogens with zero attached hydrogens (tertiary/aromatic N) is 2. The predicted molar refractivity (Wildman–Crippen MR) is 67.7 cm³/mol. The quantitative estimate of drug-likeness (QED) is 0.627. The summed E-state index contributed by atoms with van der Waals surface area (Å²) in [7, 11) is 0. The van der Waals surface area contributed by atoms with E-state index in [0.717, 1.165) is 17.5 Å². The number of nitro groups is 1. The Morgan fingerprint density at radius 2 is 2.28 bits per heavy atom. The molecule has 1 aliphatic carbocycles. The van der Waals surface area contributed by atoms with Gasteiger partial charge >= 0.3 is 0 Å². The molecule has 0 saturated heterocycles. The van der Waals surface area contributed by atoms with Crippen molar-refractivity contribution >= 4 is 33.0 Å². The van der Waals surface area contributed by atoms with E-state index in [1.807, 2.05) is 0 Å². The Labute approximate surface area is 107 Å². The molecule has 1 aromatic carbocycles. The highest BCUT2D eigenvalue weighted by Crippen LogP contribution is 2.35. The first-order valence-corrected chi connectivity index (χ1v) is 6.57. The number of hydrogen-bond donors (Lipinski definition) is 0. The summed E-state index contributed by atoms with van der Waals surface area (Å²) in [5.41, 5.74) is 2.45. The van der Waals surface area contributed by atoms with Gasteiger partial charge < -0.3 is 0 Å². The maximum Gasteiger partial charge on any atom is 0.299 e. The molecule has 0 N–H and O–H groups in total. The number of benzene rings is 1. The summed E-state index contributed by atoms with van der Waals surface area (Å²) in [6.07, 6.45) is 1.99. The second kappa shape index (κ2) is 4.13. The molecule has 92 valence electrons. The number of carbonyl (C=O) groups excluding carboxylic acids is 1. The van der Waals surface area contributed by atoms with Crippen LogP contribution in [0, 0.1) is 16.0 Å². The fourth-order valence-corrected chi connectivity index (χ4v) is 2.72. The van der Waals surface area contributed by atoms with Gasteiger partial charge in [-0.2, -0.15) is 0 Å². The first-order valence-electron chi connectivity index (χ1n) is 5.69. The normalized spacial score (nSPS) is 14.9. The van der Waals surface area contributed by atoms with Gasteiger partial charge in [0.2, 0.25) is 0 Å². The predicted octanol–water partition coefficient (Wildman–Crippen LogP) is 2.73. The first kappa shape index (κ1) is 11.3. The second-order valence-corrected chi connectivity index (χ2v) is 5.33. The van der Waals surface area contributed by atoms with Crippen LogP contribution in [0.4, 0.5) is 5.69 Å². The molecule has 1 fully saturated rings. The highest BCUT2D eigenvalue weighted by atomic mass is 32.1. The number of thiazole rings is 1. The molecule has 5 nitrogen and oxygen atoms in total. The smallest absolute Gasteiger partial charge is 0.299 e. The zero-order valence-corrected chi connectivity index (χ0v) is 10.3. The highest BCUT2D eigenvalue weighted by Gasteiger charge is 2.31. The van der Waals surface area contributed by atoms with E-state index in [0.29, 0.717) is 11.1 Å². The van der Waals surface area contributed by atoms with Crippen molar-refractivity contribution in [1.82, 2.24) is 4.98 Å². The molecule has 1 aromatic heterocycles. The van der Waals surface area contributed by atoms with E-state index in [1.165, 1.54) is 11.3 Å². The Bertz CT molecular complexity index is 646. The van der Waals surface area contributed by atoms with Gasteiger partial charge in [-0.15, -0.1) is 11.3 Å². The summed E-state index contributed by atoms with van der Waals surface area (Å²) in [5, 5.41) is 11.2. The van der Waals surface area contributed by atoms with Crippen molar-refractivity contribution in [3.63, 3.8) is 0 Å². The van der Waals surface area contributed by atoms with Crippen LogP contribution in [0.25, 0.3) is 10.2 Å².